The van der Waals surface area contributed by atoms with Crippen molar-refractivity contribution in [1.82, 2.24) is 0 Å². The van der Waals surface area contributed by atoms with Gasteiger partial charge in [0.25, 0.3) is 0 Å². The molecule has 1 nitrogen and oxygen atoms in total. The van der Waals surface area contributed by atoms with Crippen LogP contribution in [0.2, 0.25) is 5.02 Å². The van der Waals surface area contributed by atoms with Gasteiger partial charge in [-0.2, -0.15) is 0 Å². The zero-order chi connectivity index (χ0) is 13.1. The summed E-state index contributed by atoms with van der Waals surface area (Å²) in [7, 11) is 0. The molecule has 94 valence electrons. The molecule has 0 aromatic heterocycles. The molecule has 0 radical (unpaired) electrons. The third-order valence-electron chi connectivity index (χ3n) is 2.48. The minimum Gasteiger partial charge on any atom is -0.486 e. The first-order valence-corrected chi connectivity index (χ1v) is 5.77. The fourth-order valence-electron chi connectivity index (χ4n) is 1.52. The molecule has 0 spiro atoms. The fourth-order valence-corrected chi connectivity index (χ4v) is 1.74. The van der Waals surface area contributed by atoms with Gasteiger partial charge < -0.3 is 4.74 Å². The average molecular weight is 269 g/mol. The number of halogens is 3. The first-order valence-electron chi connectivity index (χ1n) is 5.39. The Kier molecular flexibility index (Phi) is 3.82. The standard InChI is InChI=1S/C14H11ClF2O/c1-9-2-5-13(17)14(6-9)18-8-10-3-4-11(16)7-12(10)15/h2-7H,8H2,1H3. The van der Waals surface area contributed by atoms with E-state index in [1.807, 2.05) is 6.92 Å². The molecule has 0 fully saturated rings. The summed E-state index contributed by atoms with van der Waals surface area (Å²) in [5.74, 6) is -0.681. The molecule has 0 saturated carbocycles. The normalized spacial score (nSPS) is 10.4. The summed E-state index contributed by atoms with van der Waals surface area (Å²) < 4.78 is 31.6. The Morgan fingerprint density at radius 3 is 2.61 bits per heavy atom. The molecule has 0 aliphatic rings. The Morgan fingerprint density at radius 2 is 1.89 bits per heavy atom. The SMILES string of the molecule is Cc1ccc(F)c(OCc2ccc(F)cc2Cl)c1. The first-order chi connectivity index (χ1) is 8.56. The molecule has 0 amide bonds. The lowest BCUT2D eigenvalue weighted by Gasteiger charge is -2.09. The van der Waals surface area contributed by atoms with Gasteiger partial charge in [0.1, 0.15) is 12.4 Å². The van der Waals surface area contributed by atoms with Gasteiger partial charge in [0.15, 0.2) is 11.6 Å². The van der Waals surface area contributed by atoms with E-state index >= 15 is 0 Å². The quantitative estimate of drug-likeness (QED) is 0.796. The van der Waals surface area contributed by atoms with E-state index in [9.17, 15) is 8.78 Å². The lowest BCUT2D eigenvalue weighted by Crippen LogP contribution is -1.99. The van der Waals surface area contributed by atoms with Crippen LogP contribution in [0.3, 0.4) is 0 Å². The van der Waals surface area contributed by atoms with Crippen molar-refractivity contribution < 1.29 is 13.5 Å². The van der Waals surface area contributed by atoms with Crippen LogP contribution >= 0.6 is 11.6 Å². The maximum atomic E-state index is 13.4. The molecule has 0 aliphatic carbocycles. The lowest BCUT2D eigenvalue weighted by molar-refractivity contribution is 0.290. The molecule has 0 unspecified atom stereocenters. The van der Waals surface area contributed by atoms with Crippen molar-refractivity contribution in [2.24, 2.45) is 0 Å². The predicted octanol–water partition coefficient (Wildman–Crippen LogP) is 4.51. The van der Waals surface area contributed by atoms with Crippen molar-refractivity contribution in [3.63, 3.8) is 0 Å². The van der Waals surface area contributed by atoms with Crippen molar-refractivity contribution in [1.29, 1.82) is 0 Å². The number of hydrogen-bond donors (Lipinski definition) is 0. The maximum Gasteiger partial charge on any atom is 0.165 e. The van der Waals surface area contributed by atoms with E-state index in [0.717, 1.165) is 5.56 Å². The van der Waals surface area contributed by atoms with Gasteiger partial charge in [-0.1, -0.05) is 23.7 Å². The maximum absolute atomic E-state index is 13.4. The van der Waals surface area contributed by atoms with Crippen molar-refractivity contribution in [2.45, 2.75) is 13.5 Å². The molecule has 2 aromatic carbocycles. The Bertz CT molecular complexity index is 570. The third-order valence-corrected chi connectivity index (χ3v) is 2.84. The Labute approximate surface area is 109 Å². The van der Waals surface area contributed by atoms with Crippen LogP contribution < -0.4 is 4.74 Å². The van der Waals surface area contributed by atoms with E-state index in [1.54, 1.807) is 12.1 Å². The van der Waals surface area contributed by atoms with Gasteiger partial charge in [0, 0.05) is 5.56 Å². The molecule has 0 N–H and O–H groups in total. The molecular formula is C14H11ClF2O. The first kappa shape index (κ1) is 12.8. The monoisotopic (exact) mass is 268 g/mol. The number of ether oxygens (including phenoxy) is 1. The third kappa shape index (κ3) is 2.99. The van der Waals surface area contributed by atoms with Crippen molar-refractivity contribution in [2.75, 3.05) is 0 Å². The van der Waals surface area contributed by atoms with Crippen molar-refractivity contribution in [3.05, 3.63) is 64.2 Å². The summed E-state index contributed by atoms with van der Waals surface area (Å²) in [6.45, 7) is 1.94. The second kappa shape index (κ2) is 5.36. The van der Waals surface area contributed by atoms with Crippen LogP contribution in [-0.2, 0) is 6.61 Å². The van der Waals surface area contributed by atoms with Crippen LogP contribution in [0.5, 0.6) is 5.75 Å². The highest BCUT2D eigenvalue weighted by Gasteiger charge is 2.06. The van der Waals surface area contributed by atoms with Crippen LogP contribution in [0.25, 0.3) is 0 Å². The lowest BCUT2D eigenvalue weighted by atomic mass is 10.2. The van der Waals surface area contributed by atoms with Gasteiger partial charge in [-0.05, 0) is 36.8 Å². The largest absolute Gasteiger partial charge is 0.486 e. The van der Waals surface area contributed by atoms with E-state index in [1.165, 1.54) is 24.3 Å². The van der Waals surface area contributed by atoms with Crippen LogP contribution in [0, 0.1) is 18.6 Å². The van der Waals surface area contributed by atoms with Crippen molar-refractivity contribution >= 4 is 11.6 Å². The molecule has 0 saturated heterocycles. The van der Waals surface area contributed by atoms with E-state index < -0.39 is 11.6 Å². The number of hydrogen-bond acceptors (Lipinski definition) is 1. The summed E-state index contributed by atoms with van der Waals surface area (Å²) in [5.41, 5.74) is 1.51. The van der Waals surface area contributed by atoms with Gasteiger partial charge in [0.05, 0.1) is 5.02 Å². The molecule has 4 heteroatoms. The summed E-state index contributed by atoms with van der Waals surface area (Å²) >= 11 is 5.85. The second-order valence-corrected chi connectivity index (χ2v) is 4.37. The highest BCUT2D eigenvalue weighted by Crippen LogP contribution is 2.22. The molecular weight excluding hydrogens is 258 g/mol. The second-order valence-electron chi connectivity index (χ2n) is 3.96. The zero-order valence-corrected chi connectivity index (χ0v) is 10.5. The summed E-state index contributed by atoms with van der Waals surface area (Å²) in [6, 6.07) is 8.62. The summed E-state index contributed by atoms with van der Waals surface area (Å²) in [6.07, 6.45) is 0. The number of aryl methyl sites for hydroxylation is 1. The van der Waals surface area contributed by atoms with Crippen LogP contribution in [0.15, 0.2) is 36.4 Å². The Hall–Kier alpha value is -1.61. The summed E-state index contributed by atoms with van der Waals surface area (Å²) in [5, 5.41) is 0.267. The topological polar surface area (TPSA) is 9.23 Å². The van der Waals surface area contributed by atoms with Gasteiger partial charge in [-0.3, -0.25) is 0 Å². The van der Waals surface area contributed by atoms with Crippen LogP contribution in [0.1, 0.15) is 11.1 Å². The number of rotatable bonds is 3. The fraction of sp³-hybridized carbons (Fsp3) is 0.143. The highest BCUT2D eigenvalue weighted by atomic mass is 35.5. The van der Waals surface area contributed by atoms with Crippen molar-refractivity contribution in [3.8, 4) is 5.75 Å². The highest BCUT2D eigenvalue weighted by molar-refractivity contribution is 6.31. The van der Waals surface area contributed by atoms with Gasteiger partial charge in [-0.25, -0.2) is 8.78 Å². The molecule has 2 rings (SSSR count). The molecule has 2 aromatic rings. The summed E-state index contributed by atoms with van der Waals surface area (Å²) in [4.78, 5) is 0. The molecule has 18 heavy (non-hydrogen) atoms. The van der Waals surface area contributed by atoms with Gasteiger partial charge in [-0.15, -0.1) is 0 Å². The number of benzene rings is 2. The molecule has 0 bridgehead atoms. The Morgan fingerprint density at radius 1 is 1.11 bits per heavy atom. The minimum atomic E-state index is -0.432. The molecule has 0 aliphatic heterocycles. The van der Waals surface area contributed by atoms with E-state index in [2.05, 4.69) is 0 Å². The van der Waals surface area contributed by atoms with E-state index in [0.29, 0.717) is 5.56 Å². The molecule has 0 heterocycles. The Balaban J connectivity index is 2.13. The molecule has 0 atom stereocenters. The van der Waals surface area contributed by atoms with Crippen LogP contribution in [0.4, 0.5) is 8.78 Å². The average Bonchev–Trinajstić information content (AvgIpc) is 2.32. The van der Waals surface area contributed by atoms with E-state index in [-0.39, 0.29) is 17.4 Å². The zero-order valence-electron chi connectivity index (χ0n) is 9.71. The van der Waals surface area contributed by atoms with E-state index in [4.69, 9.17) is 16.3 Å². The predicted molar refractivity (Wildman–Crippen MR) is 66.9 cm³/mol. The smallest absolute Gasteiger partial charge is 0.165 e. The van der Waals surface area contributed by atoms with Gasteiger partial charge in [0.2, 0.25) is 0 Å². The minimum absolute atomic E-state index is 0.0967. The van der Waals surface area contributed by atoms with Gasteiger partial charge >= 0.3 is 0 Å². The van der Waals surface area contributed by atoms with Crippen LogP contribution in [-0.4, -0.2) is 0 Å².